The molecule has 0 spiro atoms. The van der Waals surface area contributed by atoms with Crippen molar-refractivity contribution in [3.8, 4) is 0 Å². The van der Waals surface area contributed by atoms with Gasteiger partial charge >= 0.3 is 5.97 Å². The quantitative estimate of drug-likeness (QED) is 0.0404. The van der Waals surface area contributed by atoms with Gasteiger partial charge in [0.05, 0.1) is 57.9 Å². The molecule has 0 radical (unpaired) electrons. The Hall–Kier alpha value is -3.93. The van der Waals surface area contributed by atoms with Crippen molar-refractivity contribution in [2.24, 2.45) is 0 Å². The lowest BCUT2D eigenvalue weighted by Gasteiger charge is -2.51. The van der Waals surface area contributed by atoms with Gasteiger partial charge in [0.15, 0.2) is 37.7 Å². The standard InChI is InChI=1S/C53H88N4O38/c1-13-29(69)36(76)37(77)49(84-13)92-43-28(57-17(5)66)47(89-23(11-62)40(43)90-50-38(78)44(32(72)21(9-60)87-50)93-48-26(55-15(3)64)35(75)31(71)20(8-59)86-48)83-12-24-34(74)41(27(46(80)85-24)56-16(4)65)91-51-39(79)45(33(73)22(10-61)88-51)95-53(52(81)82)6-18(67)25(54-14(2)63)42(94-53)30(70)19(68)7-58/h13,18-51,58-62,67-80H,6-12H2,1-5H3,(H,54,63)(H,55,64)(H,56,65)(H,57,66)(H,81,82)/t13-,18-,19+,20+,21+,22+,23+,24+,25+,26+,27+,28+,29+,30+,31+,32-,33-,34-,35+,36+,37-,38+,39+,40+,41+,42+,43+,44-,45-,46+,47+,48-,49-,50-,51-,53-/m0/s1. The van der Waals surface area contributed by atoms with Crippen molar-refractivity contribution < 1.29 is 188 Å². The number of aliphatic carboxylic acids is 1. The van der Waals surface area contributed by atoms with Gasteiger partial charge in [-0.05, 0) is 6.92 Å². The fraction of sp³-hybridized carbons (Fsp3) is 0.906. The number of carboxylic acids is 1. The van der Waals surface area contributed by atoms with Crippen LogP contribution in [0.25, 0.3) is 0 Å². The minimum atomic E-state index is -3.25. The summed E-state index contributed by atoms with van der Waals surface area (Å²) in [5.41, 5.74) is 0. The van der Waals surface area contributed by atoms with E-state index in [4.69, 9.17) is 61.6 Å². The summed E-state index contributed by atoms with van der Waals surface area (Å²) in [5.74, 6) is -8.86. The van der Waals surface area contributed by atoms with Crippen LogP contribution in [0.1, 0.15) is 41.0 Å². The van der Waals surface area contributed by atoms with E-state index in [1.807, 2.05) is 0 Å². The molecule has 36 atom stereocenters. The number of carboxylic acid groups (broad SMARTS) is 1. The van der Waals surface area contributed by atoms with E-state index in [0.717, 1.165) is 27.7 Å². The first kappa shape index (κ1) is 78.4. The summed E-state index contributed by atoms with van der Waals surface area (Å²) in [4.78, 5) is 63.5. The van der Waals surface area contributed by atoms with Crippen molar-refractivity contribution in [2.75, 3.05) is 39.6 Å². The van der Waals surface area contributed by atoms with E-state index in [1.54, 1.807) is 0 Å². The van der Waals surface area contributed by atoms with Crippen molar-refractivity contribution in [3.63, 3.8) is 0 Å². The van der Waals surface area contributed by atoms with Crippen molar-refractivity contribution in [1.29, 1.82) is 0 Å². The zero-order chi connectivity index (χ0) is 70.6. The number of carbonyl (C=O) groups excluding carboxylic acids is 4. The fourth-order valence-electron chi connectivity index (χ4n) is 12.1. The molecule has 0 aromatic rings. The highest BCUT2D eigenvalue weighted by Gasteiger charge is 2.62. The molecule has 0 aromatic carbocycles. The van der Waals surface area contributed by atoms with Crippen LogP contribution >= 0.6 is 0 Å². The second-order valence-electron chi connectivity index (χ2n) is 24.0. The SMILES string of the molecule is CC(=O)N[C@@H]1[C@@H](O[C@@H]2O[C@H](CO)[C@H](O)[C@H](O[C@]3(C(=O)O)C[C@H](O)[C@@H](NC(C)=O)[C@H]([C@H](O)[C@H](O)CO)O3)[C@H]2O)[C@@H](O)[C@@H](CO[C@@H]2O[C@H](CO)[C@@H](O[C@@H]3O[C@H](CO)[C@H](O)[C@H](O[C@@H]4O[C@H](CO)[C@@H](O)[C@H](O)[C@H]4NC(C)=O)[C@H]3O)[C@H](O[C@@H]3O[C@@H](C)[C@@H](O)[C@@H](O)[C@@H]3O)[C@H]2NC(C)=O)O[C@H]1O. The van der Waals surface area contributed by atoms with Gasteiger partial charge in [0.25, 0.3) is 5.79 Å². The minimum Gasteiger partial charge on any atom is -0.477 e. The molecule has 0 saturated carbocycles. The minimum absolute atomic E-state index is 0.795. The first-order valence-corrected chi connectivity index (χ1v) is 30.1. The Morgan fingerprint density at radius 3 is 1.45 bits per heavy atom. The van der Waals surface area contributed by atoms with E-state index < -0.39 is 296 Å². The maximum Gasteiger partial charge on any atom is 0.364 e. The van der Waals surface area contributed by atoms with E-state index in [-0.39, 0.29) is 0 Å². The second-order valence-corrected chi connectivity index (χ2v) is 24.0. The van der Waals surface area contributed by atoms with Crippen LogP contribution in [0.2, 0.25) is 0 Å². The van der Waals surface area contributed by atoms with Gasteiger partial charge in [-0.2, -0.15) is 0 Å². The highest BCUT2D eigenvalue weighted by molar-refractivity contribution is 5.77. The molecule has 7 aliphatic heterocycles. The van der Waals surface area contributed by atoms with Crippen LogP contribution in [0, 0.1) is 0 Å². The number of carbonyl (C=O) groups is 5. The molecule has 7 saturated heterocycles. The number of rotatable bonds is 25. The van der Waals surface area contributed by atoms with Gasteiger partial charge in [0, 0.05) is 34.1 Å². The molecule has 42 nitrogen and oxygen atoms in total. The van der Waals surface area contributed by atoms with E-state index >= 15 is 0 Å². The largest absolute Gasteiger partial charge is 0.477 e. The second kappa shape index (κ2) is 33.5. The molecule has 95 heavy (non-hydrogen) atoms. The average molecular weight is 1390 g/mol. The lowest BCUT2D eigenvalue weighted by atomic mass is 9.88. The normalized spacial score (nSPS) is 46.4. The summed E-state index contributed by atoms with van der Waals surface area (Å²) in [7, 11) is 0. The number of hydrogen-bond donors (Lipinski definition) is 24. The third kappa shape index (κ3) is 17.5. The molecule has 548 valence electrons. The third-order valence-electron chi connectivity index (χ3n) is 17.1. The van der Waals surface area contributed by atoms with E-state index in [0.29, 0.717) is 0 Å². The molecular weight excluding hydrogens is 1300 g/mol. The molecule has 42 heteroatoms. The molecule has 0 bridgehead atoms. The summed E-state index contributed by atoms with van der Waals surface area (Å²) in [6.07, 6.45) is -64.2. The van der Waals surface area contributed by atoms with Gasteiger partial charge in [-0.1, -0.05) is 0 Å². The molecular formula is C53H88N4O38. The first-order valence-electron chi connectivity index (χ1n) is 30.1. The van der Waals surface area contributed by atoms with Crippen molar-refractivity contribution in [3.05, 3.63) is 0 Å². The van der Waals surface area contributed by atoms with Crippen LogP contribution in [0.5, 0.6) is 0 Å². The van der Waals surface area contributed by atoms with Crippen molar-refractivity contribution >= 4 is 29.6 Å². The fourth-order valence-corrected chi connectivity index (χ4v) is 12.1. The van der Waals surface area contributed by atoms with E-state index in [1.165, 1.54) is 6.92 Å². The van der Waals surface area contributed by atoms with Crippen LogP contribution in [-0.4, -0.2) is 392 Å². The van der Waals surface area contributed by atoms with Gasteiger partial charge in [-0.25, -0.2) is 4.79 Å². The number of ether oxygens (including phenoxy) is 13. The highest BCUT2D eigenvalue weighted by Crippen LogP contribution is 2.40. The predicted molar refractivity (Wildman–Crippen MR) is 294 cm³/mol. The zero-order valence-electron chi connectivity index (χ0n) is 51.4. The molecule has 0 aliphatic carbocycles. The molecule has 7 heterocycles. The van der Waals surface area contributed by atoms with Gasteiger partial charge in [0.2, 0.25) is 23.6 Å². The monoisotopic (exact) mass is 1390 g/mol. The Bertz CT molecular complexity index is 2520. The van der Waals surface area contributed by atoms with Gasteiger partial charge in [0.1, 0.15) is 159 Å². The molecule has 7 rings (SSSR count). The molecule has 7 fully saturated rings. The van der Waals surface area contributed by atoms with Gasteiger partial charge in [-0.3, -0.25) is 19.2 Å². The summed E-state index contributed by atoms with van der Waals surface area (Å²) in [6.45, 7) is -1.35. The maximum atomic E-state index is 13.3. The summed E-state index contributed by atoms with van der Waals surface area (Å²) in [5, 5.41) is 229. The number of aliphatic hydroxyl groups is 19. The lowest BCUT2D eigenvalue weighted by molar-refractivity contribution is -0.386. The van der Waals surface area contributed by atoms with Crippen LogP contribution in [-0.2, 0) is 85.6 Å². The smallest absolute Gasteiger partial charge is 0.364 e. The van der Waals surface area contributed by atoms with E-state index in [9.17, 15) is 126 Å². The Morgan fingerprint density at radius 1 is 0.453 bits per heavy atom. The van der Waals surface area contributed by atoms with E-state index in [2.05, 4.69) is 21.3 Å². The Morgan fingerprint density at radius 2 is 0.905 bits per heavy atom. The Balaban J connectivity index is 1.19. The van der Waals surface area contributed by atoms with Crippen LogP contribution < -0.4 is 21.3 Å². The predicted octanol–water partition coefficient (Wildman–Crippen LogP) is -15.5. The van der Waals surface area contributed by atoms with Crippen molar-refractivity contribution in [2.45, 2.75) is 261 Å². The van der Waals surface area contributed by atoms with Crippen LogP contribution in [0.4, 0.5) is 0 Å². The maximum absolute atomic E-state index is 13.3. The summed E-state index contributed by atoms with van der Waals surface area (Å²) in [6, 6.07) is -7.11. The zero-order valence-corrected chi connectivity index (χ0v) is 51.4. The summed E-state index contributed by atoms with van der Waals surface area (Å²) >= 11 is 0. The highest BCUT2D eigenvalue weighted by atomic mass is 16.8. The average Bonchev–Trinajstić information content (AvgIpc) is 0.771. The molecule has 7 aliphatic rings. The topological polar surface area (TPSA) is 658 Å². The number of nitrogens with one attached hydrogen (secondary N) is 4. The molecule has 4 amide bonds. The Labute approximate surface area is 538 Å². The van der Waals surface area contributed by atoms with Crippen molar-refractivity contribution in [1.82, 2.24) is 21.3 Å². The third-order valence-corrected chi connectivity index (χ3v) is 17.1. The van der Waals surface area contributed by atoms with Gasteiger partial charge < -0.3 is 185 Å². The molecule has 0 unspecified atom stereocenters. The number of amides is 4. The van der Waals surface area contributed by atoms with Crippen LogP contribution in [0.3, 0.4) is 0 Å². The Kier molecular flexibility index (Phi) is 27.6. The number of aliphatic hydroxyl groups excluding tert-OH is 19. The lowest BCUT2D eigenvalue weighted by Crippen LogP contribution is -2.71. The molecule has 0 aromatic heterocycles. The van der Waals surface area contributed by atoms with Gasteiger partial charge in [-0.15, -0.1) is 0 Å². The number of hydrogen-bond acceptors (Lipinski definition) is 37. The summed E-state index contributed by atoms with van der Waals surface area (Å²) < 4.78 is 76.5. The van der Waals surface area contributed by atoms with Crippen LogP contribution in [0.15, 0.2) is 0 Å². The molecule has 24 N–H and O–H groups in total. The first-order chi connectivity index (χ1) is 44.7.